The van der Waals surface area contributed by atoms with E-state index in [1.807, 2.05) is 0 Å². The fourth-order valence-electron chi connectivity index (χ4n) is 1.75. The third-order valence-corrected chi connectivity index (χ3v) is 3.37. The molecule has 25 heavy (non-hydrogen) atoms. The number of halogens is 3. The molecular weight excluding hydrogens is 371 g/mol. The largest absolute Gasteiger partial charge is 0.522 e. The van der Waals surface area contributed by atoms with Crippen LogP contribution in [0.5, 0.6) is 0 Å². The van der Waals surface area contributed by atoms with Crippen LogP contribution >= 0.6 is 0 Å². The molecular formula is C13H10F3NO7S. The first kappa shape index (κ1) is 20.3. The Kier molecular flexibility index (Phi) is 6.07. The lowest BCUT2D eigenvalue weighted by Gasteiger charge is -2.08. The second-order valence-corrected chi connectivity index (χ2v) is 5.79. The van der Waals surface area contributed by atoms with Gasteiger partial charge in [-0.05, 0) is 16.8 Å². The lowest BCUT2D eigenvalue weighted by Crippen LogP contribution is -2.22. The topological polar surface area (TPSA) is 141 Å². The Morgan fingerprint density at radius 2 is 1.56 bits per heavy atom. The van der Waals surface area contributed by atoms with E-state index in [1.165, 1.54) is 11.5 Å². The molecule has 1 amide bonds. The Hall–Kier alpha value is -2.70. The summed E-state index contributed by atoms with van der Waals surface area (Å²) in [6, 6.07) is 9.83. The average Bonchev–Trinajstić information content (AvgIpc) is 2.51. The highest BCUT2D eigenvalue weighted by Crippen LogP contribution is 2.22. The maximum Gasteiger partial charge on any atom is 0.522 e. The highest BCUT2D eigenvalue weighted by Gasteiger charge is 2.44. The van der Waals surface area contributed by atoms with Gasteiger partial charge in [0, 0.05) is 0 Å². The van der Waals surface area contributed by atoms with E-state index < -0.39 is 27.5 Å². The standard InChI is InChI=1S/C12H9NO4.CHF3O3S/c14-11(13-17)10-8-4-2-1-3-7(8)5-6-9(10)12(15)16;2-1(3,4)8(5,6)7/h1-6,17H,(H,13,14)(H,15,16);(H,5,6,7). The summed E-state index contributed by atoms with van der Waals surface area (Å²) >= 11 is 0. The first-order chi connectivity index (χ1) is 11.4. The van der Waals surface area contributed by atoms with Crippen LogP contribution in [0.1, 0.15) is 20.7 Å². The van der Waals surface area contributed by atoms with E-state index in [-0.39, 0.29) is 11.1 Å². The number of fused-ring (bicyclic) bond motifs is 1. The molecule has 0 spiro atoms. The molecule has 2 aromatic carbocycles. The molecule has 0 radical (unpaired) electrons. The number of benzene rings is 2. The van der Waals surface area contributed by atoms with Gasteiger partial charge in [0.05, 0.1) is 11.1 Å². The van der Waals surface area contributed by atoms with Crippen molar-refractivity contribution in [2.75, 3.05) is 0 Å². The Labute approximate surface area is 138 Å². The Morgan fingerprint density at radius 3 is 2.00 bits per heavy atom. The van der Waals surface area contributed by atoms with E-state index in [1.54, 1.807) is 30.3 Å². The van der Waals surface area contributed by atoms with Gasteiger partial charge in [-0.25, -0.2) is 10.3 Å². The molecule has 8 nitrogen and oxygen atoms in total. The molecule has 0 bridgehead atoms. The van der Waals surface area contributed by atoms with Crippen molar-refractivity contribution in [1.82, 2.24) is 5.48 Å². The van der Waals surface area contributed by atoms with Crippen LogP contribution in [0.25, 0.3) is 10.8 Å². The normalized spacial score (nSPS) is 11.4. The summed E-state index contributed by atoms with van der Waals surface area (Å²) in [7, 11) is -5.84. The van der Waals surface area contributed by atoms with Crippen molar-refractivity contribution in [3.63, 3.8) is 0 Å². The van der Waals surface area contributed by atoms with Gasteiger partial charge in [-0.3, -0.25) is 14.6 Å². The number of nitrogens with one attached hydrogen (secondary N) is 1. The van der Waals surface area contributed by atoms with Crippen LogP contribution in [0, 0.1) is 0 Å². The molecule has 0 heterocycles. The lowest BCUT2D eigenvalue weighted by molar-refractivity contribution is -0.0510. The minimum absolute atomic E-state index is 0.0434. The van der Waals surface area contributed by atoms with Crippen molar-refractivity contribution in [3.05, 3.63) is 47.5 Å². The number of carbonyl (C=O) groups excluding carboxylic acids is 1. The maximum atomic E-state index is 11.5. The fourth-order valence-corrected chi connectivity index (χ4v) is 1.75. The van der Waals surface area contributed by atoms with Crippen molar-refractivity contribution in [3.8, 4) is 0 Å². The SMILES string of the molecule is O=C(O)c1ccc2ccccc2c1C(=O)NO.O=S(=O)(O)C(F)(F)F. The quantitative estimate of drug-likeness (QED) is 0.270. The Bertz CT molecular complexity index is 909. The second-order valence-electron chi connectivity index (χ2n) is 4.38. The minimum atomic E-state index is -5.84. The van der Waals surface area contributed by atoms with E-state index in [2.05, 4.69) is 0 Å². The number of rotatable bonds is 2. The van der Waals surface area contributed by atoms with Crippen LogP contribution in [-0.2, 0) is 10.1 Å². The first-order valence-electron chi connectivity index (χ1n) is 6.13. The first-order valence-corrected chi connectivity index (χ1v) is 7.57. The molecule has 0 fully saturated rings. The zero-order valence-electron chi connectivity index (χ0n) is 12.0. The number of aromatic carboxylic acids is 1. The van der Waals surface area contributed by atoms with Crippen LogP contribution in [-0.4, -0.2) is 40.7 Å². The molecule has 2 aromatic rings. The predicted molar refractivity (Wildman–Crippen MR) is 77.8 cm³/mol. The monoisotopic (exact) mass is 381 g/mol. The van der Waals surface area contributed by atoms with E-state index in [0.717, 1.165) is 5.39 Å². The zero-order valence-corrected chi connectivity index (χ0v) is 12.8. The number of carbonyl (C=O) groups is 2. The third-order valence-electron chi connectivity index (χ3n) is 2.78. The number of carboxylic acids is 1. The van der Waals surface area contributed by atoms with Crippen molar-refractivity contribution in [2.45, 2.75) is 5.51 Å². The van der Waals surface area contributed by atoms with Crippen LogP contribution in [0.15, 0.2) is 36.4 Å². The molecule has 0 aliphatic rings. The maximum absolute atomic E-state index is 11.5. The molecule has 0 aliphatic carbocycles. The van der Waals surface area contributed by atoms with Crippen LogP contribution in [0.3, 0.4) is 0 Å². The van der Waals surface area contributed by atoms with Crippen LogP contribution < -0.4 is 5.48 Å². The summed E-state index contributed by atoms with van der Waals surface area (Å²) in [6.45, 7) is 0. The van der Waals surface area contributed by atoms with Gasteiger partial charge in [0.25, 0.3) is 5.91 Å². The van der Waals surface area contributed by atoms with Crippen molar-refractivity contribution in [1.29, 1.82) is 0 Å². The Balaban J connectivity index is 0.000000333. The van der Waals surface area contributed by atoms with Gasteiger partial charge in [0.2, 0.25) is 0 Å². The number of amides is 1. The summed E-state index contributed by atoms with van der Waals surface area (Å²) in [4.78, 5) is 22.6. The molecule has 0 unspecified atom stereocenters. The van der Waals surface area contributed by atoms with Gasteiger partial charge in [0.1, 0.15) is 0 Å². The van der Waals surface area contributed by atoms with E-state index in [4.69, 9.17) is 23.3 Å². The van der Waals surface area contributed by atoms with Crippen molar-refractivity contribution >= 4 is 32.8 Å². The van der Waals surface area contributed by atoms with Gasteiger partial charge >= 0.3 is 21.6 Å². The van der Waals surface area contributed by atoms with E-state index >= 15 is 0 Å². The van der Waals surface area contributed by atoms with Gasteiger partial charge in [-0.2, -0.15) is 21.6 Å². The zero-order chi connectivity index (χ0) is 19.4. The predicted octanol–water partition coefficient (Wildman–Crippen LogP) is 2.05. The summed E-state index contributed by atoms with van der Waals surface area (Å²) < 4.78 is 57.5. The molecule has 0 saturated heterocycles. The number of alkyl halides is 3. The smallest absolute Gasteiger partial charge is 0.478 e. The average molecular weight is 381 g/mol. The highest BCUT2D eigenvalue weighted by molar-refractivity contribution is 7.86. The molecule has 0 aliphatic heterocycles. The molecule has 4 N–H and O–H groups in total. The molecule has 0 aromatic heterocycles. The molecule has 0 saturated carbocycles. The number of hydroxylamine groups is 1. The minimum Gasteiger partial charge on any atom is -0.478 e. The number of carboxylic acid groups (broad SMARTS) is 1. The van der Waals surface area contributed by atoms with Gasteiger partial charge in [-0.15, -0.1) is 0 Å². The van der Waals surface area contributed by atoms with Crippen molar-refractivity contribution < 1.29 is 46.0 Å². The van der Waals surface area contributed by atoms with Crippen LogP contribution in [0.4, 0.5) is 13.2 Å². The lowest BCUT2D eigenvalue weighted by atomic mass is 9.98. The fraction of sp³-hybridized carbons (Fsp3) is 0.0769. The highest BCUT2D eigenvalue weighted by atomic mass is 32.2. The summed E-state index contributed by atoms with van der Waals surface area (Å²) in [5.41, 5.74) is -4.26. The van der Waals surface area contributed by atoms with Crippen LogP contribution in [0.2, 0.25) is 0 Å². The van der Waals surface area contributed by atoms with Gasteiger partial charge < -0.3 is 5.11 Å². The van der Waals surface area contributed by atoms with E-state index in [0.29, 0.717) is 5.39 Å². The Morgan fingerprint density at radius 1 is 1.04 bits per heavy atom. The van der Waals surface area contributed by atoms with E-state index in [9.17, 15) is 22.8 Å². The third kappa shape index (κ3) is 4.89. The van der Waals surface area contributed by atoms with Crippen molar-refractivity contribution in [2.24, 2.45) is 0 Å². The van der Waals surface area contributed by atoms with Gasteiger partial charge in [0.15, 0.2) is 0 Å². The summed E-state index contributed by atoms with van der Waals surface area (Å²) in [5.74, 6) is -2.05. The number of hydrogen-bond acceptors (Lipinski definition) is 5. The molecule has 0 atom stereocenters. The summed E-state index contributed by atoms with van der Waals surface area (Å²) in [6.07, 6.45) is 0. The van der Waals surface area contributed by atoms with Gasteiger partial charge in [-0.1, -0.05) is 30.3 Å². The molecule has 136 valence electrons. The molecule has 12 heteroatoms. The summed E-state index contributed by atoms with van der Waals surface area (Å²) in [5, 5.41) is 18.9. The number of hydrogen-bond donors (Lipinski definition) is 4. The second kappa shape index (κ2) is 7.46. The molecule has 2 rings (SSSR count).